The van der Waals surface area contributed by atoms with Crippen LogP contribution in [0.4, 0.5) is 4.39 Å². The Labute approximate surface area is 161 Å². The number of hydrogen-bond acceptors (Lipinski definition) is 3. The smallest absolute Gasteiger partial charge is 0.244 e. The largest absolute Gasteiger partial charge is 0.307 e. The van der Waals surface area contributed by atoms with E-state index in [1.54, 1.807) is 37.2 Å². The van der Waals surface area contributed by atoms with Crippen molar-refractivity contribution in [3.63, 3.8) is 0 Å². The van der Waals surface area contributed by atoms with E-state index in [2.05, 4.69) is 4.72 Å². The van der Waals surface area contributed by atoms with Crippen LogP contribution in [0.2, 0.25) is 15.1 Å². The molecule has 2 rings (SSSR count). The molecular weight excluding hydrogens is 410 g/mol. The zero-order valence-electron chi connectivity index (χ0n) is 13.4. The summed E-state index contributed by atoms with van der Waals surface area (Å²) in [5.74, 6) is -0.919. The third-order valence-corrected chi connectivity index (χ3v) is 5.85. The summed E-state index contributed by atoms with van der Waals surface area (Å²) in [7, 11) is -0.523. The van der Waals surface area contributed by atoms with E-state index < -0.39 is 26.8 Å². The molecule has 0 saturated heterocycles. The van der Waals surface area contributed by atoms with Crippen molar-refractivity contribution in [2.45, 2.75) is 10.9 Å². The molecule has 0 radical (unpaired) electrons. The van der Waals surface area contributed by atoms with Crippen LogP contribution in [0.1, 0.15) is 11.6 Å². The number of rotatable bonds is 6. The molecule has 136 valence electrons. The Kier molecular flexibility index (Phi) is 6.70. The molecule has 0 amide bonds. The summed E-state index contributed by atoms with van der Waals surface area (Å²) >= 11 is 17.6. The summed E-state index contributed by atoms with van der Waals surface area (Å²) in [5, 5.41) is 0.784. The van der Waals surface area contributed by atoms with E-state index in [0.29, 0.717) is 22.2 Å². The normalized spacial score (nSPS) is 13.2. The van der Waals surface area contributed by atoms with Gasteiger partial charge in [-0.3, -0.25) is 0 Å². The molecule has 0 bridgehead atoms. The van der Waals surface area contributed by atoms with Gasteiger partial charge in [0.05, 0.1) is 16.1 Å². The number of benzene rings is 2. The average molecular weight is 426 g/mol. The SMILES string of the molecule is CN(C)CC(NS(=O)(=O)c1ccc(Cl)cc1F)c1ccc(Cl)c(Cl)c1. The molecule has 9 heteroatoms. The molecule has 0 heterocycles. The first-order chi connectivity index (χ1) is 11.6. The van der Waals surface area contributed by atoms with Gasteiger partial charge in [0.25, 0.3) is 0 Å². The van der Waals surface area contributed by atoms with Gasteiger partial charge in [-0.2, -0.15) is 0 Å². The number of nitrogens with one attached hydrogen (secondary N) is 1. The maximum absolute atomic E-state index is 14.0. The van der Waals surface area contributed by atoms with E-state index in [1.807, 2.05) is 0 Å². The van der Waals surface area contributed by atoms with E-state index in [0.717, 1.165) is 12.1 Å². The summed E-state index contributed by atoms with van der Waals surface area (Å²) in [5.41, 5.74) is 0.612. The Bertz CT molecular complexity index is 876. The van der Waals surface area contributed by atoms with Crippen molar-refractivity contribution in [3.05, 3.63) is 62.8 Å². The monoisotopic (exact) mass is 424 g/mol. The molecular formula is C16H16Cl3FN2O2S. The van der Waals surface area contributed by atoms with Crippen LogP contribution in [-0.4, -0.2) is 34.0 Å². The minimum Gasteiger partial charge on any atom is -0.307 e. The van der Waals surface area contributed by atoms with Crippen LogP contribution in [0.15, 0.2) is 41.3 Å². The number of nitrogens with zero attached hydrogens (tertiary/aromatic N) is 1. The summed E-state index contributed by atoms with van der Waals surface area (Å²) in [4.78, 5) is 1.33. The molecule has 2 aromatic carbocycles. The third kappa shape index (κ3) is 5.29. The van der Waals surface area contributed by atoms with E-state index in [1.165, 1.54) is 6.07 Å². The van der Waals surface area contributed by atoms with Crippen molar-refractivity contribution >= 4 is 44.8 Å². The van der Waals surface area contributed by atoms with Crippen molar-refractivity contribution in [2.75, 3.05) is 20.6 Å². The molecule has 0 saturated carbocycles. The molecule has 0 spiro atoms. The predicted octanol–water partition coefficient (Wildman–Crippen LogP) is 4.37. The fourth-order valence-corrected chi connectivity index (χ4v) is 3.99. The van der Waals surface area contributed by atoms with Gasteiger partial charge in [0, 0.05) is 11.6 Å². The van der Waals surface area contributed by atoms with Gasteiger partial charge in [0.2, 0.25) is 10.0 Å². The fraction of sp³-hybridized carbons (Fsp3) is 0.250. The lowest BCUT2D eigenvalue weighted by molar-refractivity contribution is 0.363. The molecule has 4 nitrogen and oxygen atoms in total. The van der Waals surface area contributed by atoms with Gasteiger partial charge in [-0.25, -0.2) is 17.5 Å². The van der Waals surface area contributed by atoms with Gasteiger partial charge in [-0.05, 0) is 50.0 Å². The van der Waals surface area contributed by atoms with Crippen LogP contribution in [-0.2, 0) is 10.0 Å². The Morgan fingerprint density at radius 3 is 2.32 bits per heavy atom. The zero-order chi connectivity index (χ0) is 18.8. The molecule has 0 fully saturated rings. The van der Waals surface area contributed by atoms with Crippen LogP contribution >= 0.6 is 34.8 Å². The molecule has 0 aliphatic rings. The highest BCUT2D eigenvalue weighted by Crippen LogP contribution is 2.27. The molecule has 0 aliphatic heterocycles. The van der Waals surface area contributed by atoms with Crippen molar-refractivity contribution in [1.29, 1.82) is 0 Å². The fourth-order valence-electron chi connectivity index (χ4n) is 2.25. The Morgan fingerprint density at radius 2 is 1.76 bits per heavy atom. The number of halogens is 4. The molecule has 0 aromatic heterocycles. The van der Waals surface area contributed by atoms with E-state index in [9.17, 15) is 12.8 Å². The topological polar surface area (TPSA) is 49.4 Å². The second-order valence-corrected chi connectivity index (χ2v) is 8.62. The molecule has 25 heavy (non-hydrogen) atoms. The molecule has 1 unspecified atom stereocenters. The molecule has 0 aliphatic carbocycles. The minimum absolute atomic E-state index is 0.116. The lowest BCUT2D eigenvalue weighted by atomic mass is 10.1. The van der Waals surface area contributed by atoms with Gasteiger partial charge in [0.1, 0.15) is 10.7 Å². The summed E-state index contributed by atoms with van der Waals surface area (Å²) in [6.07, 6.45) is 0. The first kappa shape index (κ1) is 20.4. The second-order valence-electron chi connectivity index (χ2n) is 5.68. The van der Waals surface area contributed by atoms with Crippen molar-refractivity contribution in [3.8, 4) is 0 Å². The molecule has 1 atom stereocenters. The number of hydrogen-bond donors (Lipinski definition) is 1. The predicted molar refractivity (Wildman–Crippen MR) is 99.5 cm³/mol. The highest BCUT2D eigenvalue weighted by molar-refractivity contribution is 7.89. The standard InChI is InChI=1S/C16H16Cl3FN2O2S/c1-22(2)9-15(10-3-5-12(18)13(19)7-10)21-25(23,24)16-6-4-11(17)8-14(16)20/h3-8,15,21H,9H2,1-2H3. The highest BCUT2D eigenvalue weighted by atomic mass is 35.5. The van der Waals surface area contributed by atoms with Crippen molar-refractivity contribution in [1.82, 2.24) is 9.62 Å². The molecule has 1 N–H and O–H groups in total. The second kappa shape index (κ2) is 8.20. The van der Waals surface area contributed by atoms with Gasteiger partial charge >= 0.3 is 0 Å². The van der Waals surface area contributed by atoms with Crippen LogP contribution in [0, 0.1) is 5.82 Å². The number of likely N-dealkylation sites (N-methyl/N-ethyl adjacent to an activating group) is 1. The van der Waals surface area contributed by atoms with Crippen molar-refractivity contribution < 1.29 is 12.8 Å². The number of sulfonamides is 1. The van der Waals surface area contributed by atoms with Gasteiger partial charge in [0.15, 0.2) is 0 Å². The van der Waals surface area contributed by atoms with E-state index in [4.69, 9.17) is 34.8 Å². The van der Waals surface area contributed by atoms with Crippen LogP contribution in [0.5, 0.6) is 0 Å². The van der Waals surface area contributed by atoms with Crippen LogP contribution in [0.25, 0.3) is 0 Å². The molecule has 2 aromatic rings. The van der Waals surface area contributed by atoms with Crippen LogP contribution in [0.3, 0.4) is 0 Å². The first-order valence-electron chi connectivity index (χ1n) is 7.17. The van der Waals surface area contributed by atoms with Gasteiger partial charge < -0.3 is 4.90 Å². The summed E-state index contributed by atoms with van der Waals surface area (Å²) < 4.78 is 41.8. The van der Waals surface area contributed by atoms with Crippen molar-refractivity contribution in [2.24, 2.45) is 0 Å². The first-order valence-corrected chi connectivity index (χ1v) is 9.79. The maximum atomic E-state index is 14.0. The van der Waals surface area contributed by atoms with Gasteiger partial charge in [-0.15, -0.1) is 0 Å². The zero-order valence-corrected chi connectivity index (χ0v) is 16.5. The van der Waals surface area contributed by atoms with Gasteiger partial charge in [-0.1, -0.05) is 40.9 Å². The van der Waals surface area contributed by atoms with E-state index >= 15 is 0 Å². The lowest BCUT2D eigenvalue weighted by Crippen LogP contribution is -2.35. The summed E-state index contributed by atoms with van der Waals surface area (Å²) in [6.45, 7) is 0.340. The minimum atomic E-state index is -4.11. The Hall–Kier alpha value is -0.890. The summed E-state index contributed by atoms with van der Waals surface area (Å²) in [6, 6.07) is 7.59. The van der Waals surface area contributed by atoms with Crippen LogP contribution < -0.4 is 4.72 Å². The maximum Gasteiger partial charge on any atom is 0.244 e. The third-order valence-electron chi connectivity index (χ3n) is 3.37. The lowest BCUT2D eigenvalue weighted by Gasteiger charge is -2.23. The average Bonchev–Trinajstić information content (AvgIpc) is 2.48. The quantitative estimate of drug-likeness (QED) is 0.748. The van der Waals surface area contributed by atoms with E-state index in [-0.39, 0.29) is 5.02 Å². The Morgan fingerprint density at radius 1 is 1.08 bits per heavy atom. The highest BCUT2D eigenvalue weighted by Gasteiger charge is 2.25. The Balaban J connectivity index is 2.40.